The predicted molar refractivity (Wildman–Crippen MR) is 73.2 cm³/mol. The van der Waals surface area contributed by atoms with Crippen LogP contribution in [0.15, 0.2) is 24.3 Å². The summed E-state index contributed by atoms with van der Waals surface area (Å²) in [5.41, 5.74) is 5.99. The summed E-state index contributed by atoms with van der Waals surface area (Å²) in [4.78, 5) is 10.7. The van der Waals surface area contributed by atoms with Gasteiger partial charge in [0.05, 0.1) is 12.2 Å². The summed E-state index contributed by atoms with van der Waals surface area (Å²) < 4.78 is 11.0. The lowest BCUT2D eigenvalue weighted by atomic mass is 10.2. The molecule has 2 atom stereocenters. The first-order chi connectivity index (χ1) is 9.13. The van der Waals surface area contributed by atoms with Gasteiger partial charge in [-0.15, -0.1) is 0 Å². The van der Waals surface area contributed by atoms with Crippen molar-refractivity contribution in [2.75, 3.05) is 18.5 Å². The second-order valence-electron chi connectivity index (χ2n) is 4.81. The predicted octanol–water partition coefficient (Wildman–Crippen LogP) is 1.53. The standard InChI is InChI=1S/C14H20N2O3/c1-10-5-6-13(19-10)8-16-11-3-2-4-12(7-11)18-9-14(15)17/h2-4,7,10,13,16H,5-6,8-9H2,1H3,(H2,15,17). The van der Waals surface area contributed by atoms with Crippen LogP contribution in [-0.2, 0) is 9.53 Å². The van der Waals surface area contributed by atoms with Gasteiger partial charge in [0.2, 0.25) is 0 Å². The van der Waals surface area contributed by atoms with Crippen LogP contribution in [0, 0.1) is 0 Å². The van der Waals surface area contributed by atoms with Crippen molar-refractivity contribution in [1.82, 2.24) is 0 Å². The molecule has 0 bridgehead atoms. The van der Waals surface area contributed by atoms with E-state index in [1.54, 1.807) is 6.07 Å². The molecule has 1 aliphatic rings. The van der Waals surface area contributed by atoms with E-state index in [-0.39, 0.29) is 12.7 Å². The summed E-state index contributed by atoms with van der Waals surface area (Å²) in [6.07, 6.45) is 2.84. The minimum Gasteiger partial charge on any atom is -0.484 e. The third-order valence-corrected chi connectivity index (χ3v) is 3.07. The Morgan fingerprint density at radius 1 is 1.53 bits per heavy atom. The van der Waals surface area contributed by atoms with Crippen LogP contribution in [-0.4, -0.2) is 31.3 Å². The molecule has 5 nitrogen and oxygen atoms in total. The molecule has 5 heteroatoms. The molecule has 0 aromatic heterocycles. The number of carbonyl (C=O) groups excluding carboxylic acids is 1. The van der Waals surface area contributed by atoms with Crippen molar-refractivity contribution in [1.29, 1.82) is 0 Å². The number of nitrogens with two attached hydrogens (primary N) is 1. The first-order valence-corrected chi connectivity index (χ1v) is 6.54. The van der Waals surface area contributed by atoms with Gasteiger partial charge in [-0.05, 0) is 31.9 Å². The average Bonchev–Trinajstić information content (AvgIpc) is 2.80. The number of rotatable bonds is 6. The zero-order valence-corrected chi connectivity index (χ0v) is 11.1. The van der Waals surface area contributed by atoms with E-state index in [0.717, 1.165) is 25.1 Å². The maximum atomic E-state index is 10.7. The van der Waals surface area contributed by atoms with Gasteiger partial charge in [-0.3, -0.25) is 4.79 Å². The fraction of sp³-hybridized carbons (Fsp3) is 0.500. The Bertz CT molecular complexity index is 436. The van der Waals surface area contributed by atoms with Crippen LogP contribution >= 0.6 is 0 Å². The molecule has 0 aliphatic carbocycles. The topological polar surface area (TPSA) is 73.6 Å². The van der Waals surface area contributed by atoms with E-state index in [2.05, 4.69) is 12.2 Å². The Labute approximate surface area is 113 Å². The van der Waals surface area contributed by atoms with Crippen LogP contribution in [0.1, 0.15) is 19.8 Å². The van der Waals surface area contributed by atoms with E-state index >= 15 is 0 Å². The van der Waals surface area contributed by atoms with Gasteiger partial charge < -0.3 is 20.5 Å². The van der Waals surface area contributed by atoms with Crippen LogP contribution in [0.4, 0.5) is 5.69 Å². The monoisotopic (exact) mass is 264 g/mol. The summed E-state index contributed by atoms with van der Waals surface area (Å²) in [5.74, 6) is 0.149. The number of anilines is 1. The number of amides is 1. The number of benzene rings is 1. The Hall–Kier alpha value is -1.75. The minimum absolute atomic E-state index is 0.104. The molecule has 1 aromatic rings. The number of nitrogens with one attached hydrogen (secondary N) is 1. The molecule has 1 saturated heterocycles. The molecule has 0 radical (unpaired) electrons. The number of hydrogen-bond donors (Lipinski definition) is 2. The van der Waals surface area contributed by atoms with Gasteiger partial charge in [-0.1, -0.05) is 6.07 Å². The normalized spacial score (nSPS) is 22.2. The van der Waals surface area contributed by atoms with Crippen molar-refractivity contribution in [2.45, 2.75) is 32.0 Å². The van der Waals surface area contributed by atoms with Crippen LogP contribution in [0.2, 0.25) is 0 Å². The third-order valence-electron chi connectivity index (χ3n) is 3.07. The quantitative estimate of drug-likeness (QED) is 0.817. The van der Waals surface area contributed by atoms with E-state index in [9.17, 15) is 4.79 Å². The largest absolute Gasteiger partial charge is 0.484 e. The molecule has 3 N–H and O–H groups in total. The first-order valence-electron chi connectivity index (χ1n) is 6.54. The summed E-state index contributed by atoms with van der Waals surface area (Å²) in [6.45, 7) is 2.77. The molecule has 104 valence electrons. The average molecular weight is 264 g/mol. The summed E-state index contributed by atoms with van der Waals surface area (Å²) in [7, 11) is 0. The van der Waals surface area contributed by atoms with Crippen molar-refractivity contribution in [3.8, 4) is 5.75 Å². The Kier molecular flexibility index (Phi) is 4.63. The van der Waals surface area contributed by atoms with Gasteiger partial charge in [-0.25, -0.2) is 0 Å². The van der Waals surface area contributed by atoms with Gasteiger partial charge in [-0.2, -0.15) is 0 Å². The highest BCUT2D eigenvalue weighted by molar-refractivity contribution is 5.75. The van der Waals surface area contributed by atoms with Crippen LogP contribution in [0.5, 0.6) is 5.75 Å². The number of carbonyl (C=O) groups is 1. The van der Waals surface area contributed by atoms with E-state index < -0.39 is 5.91 Å². The molecule has 2 unspecified atom stereocenters. The van der Waals surface area contributed by atoms with Gasteiger partial charge >= 0.3 is 0 Å². The van der Waals surface area contributed by atoms with Gasteiger partial charge in [0, 0.05) is 18.3 Å². The first kappa shape index (κ1) is 13.7. The molecular weight excluding hydrogens is 244 g/mol. The fourth-order valence-electron chi connectivity index (χ4n) is 2.12. The van der Waals surface area contributed by atoms with Crippen molar-refractivity contribution in [3.63, 3.8) is 0 Å². The Balaban J connectivity index is 1.83. The summed E-state index contributed by atoms with van der Waals surface area (Å²) >= 11 is 0. The van der Waals surface area contributed by atoms with E-state index in [0.29, 0.717) is 11.9 Å². The van der Waals surface area contributed by atoms with Crippen molar-refractivity contribution < 1.29 is 14.3 Å². The van der Waals surface area contributed by atoms with E-state index in [1.165, 1.54) is 0 Å². The van der Waals surface area contributed by atoms with Crippen molar-refractivity contribution >= 4 is 11.6 Å². The lowest BCUT2D eigenvalue weighted by Gasteiger charge is -2.14. The van der Waals surface area contributed by atoms with Crippen molar-refractivity contribution in [3.05, 3.63) is 24.3 Å². The highest BCUT2D eigenvalue weighted by atomic mass is 16.5. The fourth-order valence-corrected chi connectivity index (χ4v) is 2.12. The zero-order valence-electron chi connectivity index (χ0n) is 11.1. The number of hydrogen-bond acceptors (Lipinski definition) is 4. The molecule has 1 fully saturated rings. The number of ether oxygens (including phenoxy) is 2. The van der Waals surface area contributed by atoms with Crippen LogP contribution in [0.3, 0.4) is 0 Å². The second kappa shape index (κ2) is 6.43. The summed E-state index contributed by atoms with van der Waals surface area (Å²) in [5, 5.41) is 3.31. The highest BCUT2D eigenvalue weighted by Gasteiger charge is 2.21. The smallest absolute Gasteiger partial charge is 0.255 e. The third kappa shape index (κ3) is 4.44. The highest BCUT2D eigenvalue weighted by Crippen LogP contribution is 2.21. The van der Waals surface area contributed by atoms with Gasteiger partial charge in [0.25, 0.3) is 5.91 Å². The second-order valence-corrected chi connectivity index (χ2v) is 4.81. The molecule has 1 amide bonds. The Morgan fingerprint density at radius 2 is 2.37 bits per heavy atom. The van der Waals surface area contributed by atoms with E-state index in [4.69, 9.17) is 15.2 Å². The van der Waals surface area contributed by atoms with Gasteiger partial charge in [0.15, 0.2) is 6.61 Å². The van der Waals surface area contributed by atoms with Crippen LogP contribution in [0.25, 0.3) is 0 Å². The van der Waals surface area contributed by atoms with Crippen LogP contribution < -0.4 is 15.8 Å². The van der Waals surface area contributed by atoms with Gasteiger partial charge in [0.1, 0.15) is 5.75 Å². The molecule has 2 rings (SSSR count). The maximum Gasteiger partial charge on any atom is 0.255 e. The summed E-state index contributed by atoms with van der Waals surface area (Å²) in [6, 6.07) is 7.47. The SMILES string of the molecule is CC1CCC(CNc2cccc(OCC(N)=O)c2)O1. The zero-order chi connectivity index (χ0) is 13.7. The lowest BCUT2D eigenvalue weighted by molar-refractivity contribution is -0.119. The number of primary amides is 1. The maximum absolute atomic E-state index is 10.7. The molecule has 19 heavy (non-hydrogen) atoms. The molecule has 1 aromatic carbocycles. The van der Waals surface area contributed by atoms with E-state index in [1.807, 2.05) is 18.2 Å². The molecular formula is C14H20N2O3. The minimum atomic E-state index is -0.480. The molecule has 1 heterocycles. The molecule has 1 aliphatic heterocycles. The van der Waals surface area contributed by atoms with Crippen molar-refractivity contribution in [2.24, 2.45) is 5.73 Å². The molecule has 0 saturated carbocycles. The molecule has 0 spiro atoms. The Morgan fingerprint density at radius 3 is 3.05 bits per heavy atom. The lowest BCUT2D eigenvalue weighted by Crippen LogP contribution is -2.20.